The summed E-state index contributed by atoms with van der Waals surface area (Å²) in [5.74, 6) is 0. The van der Waals surface area contributed by atoms with Gasteiger partial charge < -0.3 is 4.57 Å². The molecule has 1 nitrogen and oxygen atoms in total. The van der Waals surface area contributed by atoms with Gasteiger partial charge in [0.1, 0.15) is 0 Å². The van der Waals surface area contributed by atoms with Gasteiger partial charge in [0.25, 0.3) is 0 Å². The van der Waals surface area contributed by atoms with Crippen LogP contribution < -0.4 is 0 Å². The van der Waals surface area contributed by atoms with Crippen LogP contribution >= 0.6 is 0 Å². The van der Waals surface area contributed by atoms with Crippen molar-refractivity contribution in [2.45, 2.75) is 5.41 Å². The second-order valence-electron chi connectivity index (χ2n) is 19.0. The first kappa shape index (κ1) is 39.0. The van der Waals surface area contributed by atoms with Gasteiger partial charge in [-0.3, -0.25) is 0 Å². The van der Waals surface area contributed by atoms with Crippen molar-refractivity contribution in [3.8, 4) is 39.1 Å². The zero-order chi connectivity index (χ0) is 45.9. The molecule has 1 aliphatic carbocycles. The molecule has 1 heteroatoms. The summed E-state index contributed by atoms with van der Waals surface area (Å²) < 4.78 is 2.40. The van der Waals surface area contributed by atoms with Gasteiger partial charge in [0.15, 0.2) is 0 Å². The van der Waals surface area contributed by atoms with Crippen LogP contribution in [0.1, 0.15) is 22.3 Å². The summed E-state index contributed by atoms with van der Waals surface area (Å²) in [5, 5.41) is 15.1. The van der Waals surface area contributed by atoms with Crippen LogP contribution in [0.5, 0.6) is 0 Å². The lowest BCUT2D eigenvalue weighted by Gasteiger charge is -2.36. The van der Waals surface area contributed by atoms with E-state index in [-0.39, 0.29) is 0 Å². The van der Waals surface area contributed by atoms with Gasteiger partial charge in [0.05, 0.1) is 16.4 Å². The predicted octanol–water partition coefficient (Wildman–Crippen LogP) is 18.2. The number of rotatable bonds is 5. The maximum atomic E-state index is 2.59. The van der Waals surface area contributed by atoms with Crippen LogP contribution in [0.25, 0.3) is 115 Å². The summed E-state index contributed by atoms with van der Waals surface area (Å²) in [5.41, 5.74) is 15.8. The summed E-state index contributed by atoms with van der Waals surface area (Å²) in [4.78, 5) is 0. The lowest BCUT2D eigenvalue weighted by atomic mass is 9.65. The van der Waals surface area contributed by atoms with Gasteiger partial charge in [0, 0.05) is 16.5 Å². The molecule has 15 rings (SSSR count). The van der Waals surface area contributed by atoms with Crippen molar-refractivity contribution in [3.05, 3.63) is 283 Å². The third-order valence-corrected chi connectivity index (χ3v) is 15.6. The monoisotopic (exact) mass is 885 g/mol. The van der Waals surface area contributed by atoms with E-state index >= 15 is 0 Å². The van der Waals surface area contributed by atoms with Crippen LogP contribution in [0.15, 0.2) is 261 Å². The Morgan fingerprint density at radius 1 is 0.243 bits per heavy atom. The van der Waals surface area contributed by atoms with E-state index in [1.807, 2.05) is 0 Å². The lowest BCUT2D eigenvalue weighted by Crippen LogP contribution is -2.29. The Hall–Kier alpha value is -9.04. The molecule has 13 aromatic carbocycles. The highest BCUT2D eigenvalue weighted by atomic mass is 15.0. The minimum atomic E-state index is -0.620. The molecule has 0 radical (unpaired) electrons. The summed E-state index contributed by atoms with van der Waals surface area (Å²) in [6, 6.07) is 97.6. The van der Waals surface area contributed by atoms with E-state index < -0.39 is 5.41 Å². The van der Waals surface area contributed by atoms with Crippen molar-refractivity contribution in [2.75, 3.05) is 0 Å². The van der Waals surface area contributed by atoms with Crippen molar-refractivity contribution in [2.24, 2.45) is 0 Å². The van der Waals surface area contributed by atoms with Gasteiger partial charge in [-0.2, -0.15) is 0 Å². The lowest BCUT2D eigenvalue weighted by molar-refractivity contribution is 0.783. The molecule has 1 heterocycles. The SMILES string of the molecule is c1ccc(-n2c3ccccc3c3cc(-c4c5ccccc5c(-c5cc6c(c7ccccc57)C(c5ccccc5)(c5ccccc5)c5c-6c6ccccc6c6ccccc56)c5ccccc45)ccc32)cc1. The molecule has 324 valence electrons. The first-order chi connectivity index (χ1) is 34.8. The van der Waals surface area contributed by atoms with Crippen LogP contribution in [0, 0.1) is 0 Å². The second kappa shape index (κ2) is 15.0. The van der Waals surface area contributed by atoms with E-state index in [0.29, 0.717) is 0 Å². The molecular weight excluding hydrogens is 843 g/mol. The molecule has 0 fully saturated rings. The molecular formula is C69H43N. The molecule has 0 unspecified atom stereocenters. The second-order valence-corrected chi connectivity index (χ2v) is 19.0. The molecule has 0 saturated heterocycles. The molecule has 0 bridgehead atoms. The Labute approximate surface area is 405 Å². The Morgan fingerprint density at radius 2 is 0.657 bits per heavy atom. The Morgan fingerprint density at radius 3 is 1.24 bits per heavy atom. The fourth-order valence-electron chi connectivity index (χ4n) is 13.0. The number of para-hydroxylation sites is 2. The highest BCUT2D eigenvalue weighted by molar-refractivity contribution is 6.27. The molecule has 14 aromatic rings. The molecule has 0 amide bonds. The maximum absolute atomic E-state index is 2.59. The molecule has 70 heavy (non-hydrogen) atoms. The summed E-state index contributed by atoms with van der Waals surface area (Å²) >= 11 is 0. The zero-order valence-corrected chi connectivity index (χ0v) is 38.3. The Balaban J connectivity index is 1.08. The summed E-state index contributed by atoms with van der Waals surface area (Å²) in [6.45, 7) is 0. The molecule has 1 aliphatic rings. The summed E-state index contributed by atoms with van der Waals surface area (Å²) in [7, 11) is 0. The molecule has 0 atom stereocenters. The van der Waals surface area contributed by atoms with Gasteiger partial charge >= 0.3 is 0 Å². The molecule has 0 spiro atoms. The van der Waals surface area contributed by atoms with E-state index in [1.165, 1.54) is 131 Å². The number of hydrogen-bond donors (Lipinski definition) is 0. The molecule has 0 aliphatic heterocycles. The van der Waals surface area contributed by atoms with E-state index in [4.69, 9.17) is 0 Å². The van der Waals surface area contributed by atoms with Crippen molar-refractivity contribution in [1.82, 2.24) is 4.57 Å². The normalized spacial score (nSPS) is 13.0. The number of fused-ring (bicyclic) bond motifs is 15. The average Bonchev–Trinajstić information content (AvgIpc) is 3.94. The Bertz CT molecular complexity index is 4350. The fraction of sp³-hybridized carbons (Fsp3) is 0.0145. The quantitative estimate of drug-likeness (QED) is 0.120. The van der Waals surface area contributed by atoms with Gasteiger partial charge in [-0.25, -0.2) is 0 Å². The van der Waals surface area contributed by atoms with Gasteiger partial charge in [0.2, 0.25) is 0 Å². The third-order valence-electron chi connectivity index (χ3n) is 15.6. The summed E-state index contributed by atoms with van der Waals surface area (Å²) in [6.07, 6.45) is 0. The van der Waals surface area contributed by atoms with Crippen LogP contribution in [0.2, 0.25) is 0 Å². The van der Waals surface area contributed by atoms with Crippen LogP contribution in [-0.4, -0.2) is 4.57 Å². The van der Waals surface area contributed by atoms with Crippen LogP contribution in [-0.2, 0) is 5.41 Å². The van der Waals surface area contributed by atoms with E-state index in [9.17, 15) is 0 Å². The highest BCUT2D eigenvalue weighted by Crippen LogP contribution is 2.63. The largest absolute Gasteiger partial charge is 0.309 e. The first-order valence-corrected chi connectivity index (χ1v) is 24.4. The molecule has 0 N–H and O–H groups in total. The number of nitrogens with zero attached hydrogens (tertiary/aromatic N) is 1. The van der Waals surface area contributed by atoms with Gasteiger partial charge in [-0.15, -0.1) is 0 Å². The van der Waals surface area contributed by atoms with E-state index in [1.54, 1.807) is 0 Å². The standard InChI is InChI=1S/C69H43N/c1-4-22-45(23-5-1)69(46-24-6-2-7-25-46)67-57-37-18-12-30-50(57)60(43-61(67)66-52-32-13-10-28-48(52)49-29-11-19-38-58(49)68(66)69)65-55-35-16-14-33-53(55)64(54-34-15-17-36-56(54)65)44-40-41-63-59(42-44)51-31-20-21-39-62(51)70(63)47-26-8-3-9-27-47/h1-43H. The van der Waals surface area contributed by atoms with Crippen LogP contribution in [0.4, 0.5) is 0 Å². The van der Waals surface area contributed by atoms with Gasteiger partial charge in [-0.1, -0.05) is 224 Å². The van der Waals surface area contributed by atoms with E-state index in [2.05, 4.69) is 265 Å². The minimum absolute atomic E-state index is 0.620. The highest BCUT2D eigenvalue weighted by Gasteiger charge is 2.49. The van der Waals surface area contributed by atoms with E-state index in [0.717, 1.165) is 5.69 Å². The zero-order valence-electron chi connectivity index (χ0n) is 38.3. The molecule has 1 aromatic heterocycles. The van der Waals surface area contributed by atoms with Crippen LogP contribution in [0.3, 0.4) is 0 Å². The van der Waals surface area contributed by atoms with Crippen molar-refractivity contribution in [3.63, 3.8) is 0 Å². The minimum Gasteiger partial charge on any atom is -0.309 e. The van der Waals surface area contributed by atoms with Crippen molar-refractivity contribution < 1.29 is 0 Å². The topological polar surface area (TPSA) is 4.93 Å². The molecule has 0 saturated carbocycles. The number of benzene rings is 13. The number of aromatic nitrogens is 1. The Kier molecular flexibility index (Phi) is 8.35. The average molecular weight is 886 g/mol. The van der Waals surface area contributed by atoms with Crippen molar-refractivity contribution >= 4 is 75.7 Å². The maximum Gasteiger partial charge on any atom is 0.0725 e. The fourth-order valence-corrected chi connectivity index (χ4v) is 13.0. The van der Waals surface area contributed by atoms with Crippen molar-refractivity contribution in [1.29, 1.82) is 0 Å². The predicted molar refractivity (Wildman–Crippen MR) is 296 cm³/mol. The smallest absolute Gasteiger partial charge is 0.0725 e. The number of hydrogen-bond acceptors (Lipinski definition) is 0. The first-order valence-electron chi connectivity index (χ1n) is 24.4. The third kappa shape index (κ3) is 5.26. The van der Waals surface area contributed by atoms with Gasteiger partial charge in [-0.05, 0) is 146 Å².